The first-order valence-electron chi connectivity index (χ1n) is 28.8. The third-order valence-corrected chi connectivity index (χ3v) is 7.73. The second-order valence-corrected chi connectivity index (χ2v) is 10.7. The molecule has 0 aliphatic carbocycles. The Hall–Kier alpha value is -6.91. The minimum Gasteiger partial charge on any atom is -0.455 e. The van der Waals surface area contributed by atoms with Gasteiger partial charge in [0.1, 0.15) is 11.2 Å². The van der Waals surface area contributed by atoms with Crippen molar-refractivity contribution in [3.05, 3.63) is 175 Å². The maximum absolute atomic E-state index is 9.48. The van der Waals surface area contributed by atoms with Crippen LogP contribution in [0, 0.1) is 0 Å². The van der Waals surface area contributed by atoms with Crippen LogP contribution < -0.4 is 0 Å². The summed E-state index contributed by atoms with van der Waals surface area (Å²) in [5, 5.41) is -2.88. The largest absolute Gasteiger partial charge is 0.455 e. The average Bonchev–Trinajstić information content (AvgIpc) is 4.05. The van der Waals surface area contributed by atoms with Gasteiger partial charge in [-0.2, -0.15) is 0 Å². The topological polar surface area (TPSA) is 51.8 Å². The summed E-state index contributed by atoms with van der Waals surface area (Å²) in [6.45, 7) is 0. The lowest BCUT2D eigenvalue weighted by atomic mass is 9.93. The van der Waals surface area contributed by atoms with Gasteiger partial charge >= 0.3 is 0 Å². The molecule has 10 aromatic rings. The maximum atomic E-state index is 9.48. The van der Waals surface area contributed by atoms with Crippen LogP contribution in [0.25, 0.3) is 99.9 Å². The van der Waals surface area contributed by atoms with Crippen molar-refractivity contribution in [1.82, 2.24) is 15.0 Å². The molecule has 0 fully saturated rings. The Labute approximate surface area is 333 Å². The van der Waals surface area contributed by atoms with Gasteiger partial charge in [-0.05, 0) is 56.6 Å². The zero-order valence-electron chi connectivity index (χ0n) is 53.3. The number of hydrogen-bond acceptors (Lipinski definition) is 4. The van der Waals surface area contributed by atoms with Crippen LogP contribution in [0.2, 0.25) is 0 Å². The van der Waals surface area contributed by atoms with Gasteiger partial charge in [0.15, 0.2) is 17.5 Å². The van der Waals surface area contributed by atoms with Crippen LogP contribution in [-0.2, 0) is 0 Å². The summed E-state index contributed by atoms with van der Waals surface area (Å²) < 4.78 is 252. The van der Waals surface area contributed by atoms with E-state index in [0.29, 0.717) is 0 Å². The van der Waals surface area contributed by atoms with Gasteiger partial charge in [0, 0.05) is 32.8 Å². The van der Waals surface area contributed by atoms with E-state index in [0.717, 1.165) is 6.07 Å². The first-order valence-corrected chi connectivity index (χ1v) is 14.8. The Morgan fingerprint density at radius 2 is 0.980 bits per heavy atom. The molecule has 238 valence electrons. The molecule has 10 rings (SSSR count). The molecule has 0 saturated carbocycles. The zero-order valence-corrected chi connectivity index (χ0v) is 25.3. The molecule has 0 saturated heterocycles. The van der Waals surface area contributed by atoms with Crippen molar-refractivity contribution in [2.45, 2.75) is 0 Å². The number of fused-ring (bicyclic) bond motifs is 6. The number of furan rings is 1. The second kappa shape index (κ2) is 11.9. The molecule has 0 atom stereocenters. The van der Waals surface area contributed by atoms with Crippen LogP contribution in [0.3, 0.4) is 0 Å². The summed E-state index contributed by atoms with van der Waals surface area (Å²) in [4.78, 5) is 13.1. The van der Waals surface area contributed by atoms with Crippen LogP contribution in [0.5, 0.6) is 0 Å². The van der Waals surface area contributed by atoms with Gasteiger partial charge in [-0.15, -0.1) is 0 Å². The normalized spacial score (nSPS) is 19.2. The second-order valence-electron chi connectivity index (χ2n) is 10.7. The van der Waals surface area contributed by atoms with Crippen LogP contribution in [0.4, 0.5) is 0 Å². The van der Waals surface area contributed by atoms with Crippen molar-refractivity contribution in [3.63, 3.8) is 0 Å². The lowest BCUT2D eigenvalue weighted by Crippen LogP contribution is -2.00. The monoisotopic (exact) mass is 679 g/mol. The highest BCUT2D eigenvalue weighted by Gasteiger charge is 2.20. The summed E-state index contributed by atoms with van der Waals surface area (Å²) in [5.74, 6) is -2.35. The summed E-state index contributed by atoms with van der Waals surface area (Å²) in [6.07, 6.45) is 0. The zero-order chi connectivity index (χ0) is 58.1. The van der Waals surface area contributed by atoms with E-state index in [2.05, 4.69) is 15.0 Å². The lowest BCUT2D eigenvalue weighted by molar-refractivity contribution is 0.673. The standard InChI is InChI=1S/C47H29N3O/c1-3-13-33(14-4-1)45-48-46(34-15-5-2-6-16-34)50-47(49-45)39-20-11-21-42-43(39)41-29-40(37-18-9-10-19-38(37)44(41)51-42)32-25-22-31(23-26-32)36-27-24-30-12-7-8-17-35(30)28-36/h1-29H/i1D,2D,3D,4D,5D,6D,7D,8D,9D,10D,11D,12D,13D,14D,15D,16D,17D,18D,19D,20D,21D,22D,23D,24D,25D,26D,27D,28D. The van der Waals surface area contributed by atoms with E-state index in [1.807, 2.05) is 0 Å². The highest BCUT2D eigenvalue weighted by Crippen LogP contribution is 2.43. The summed E-state index contributed by atoms with van der Waals surface area (Å²) in [5.41, 5.74) is -5.80. The number of hydrogen-bond donors (Lipinski definition) is 0. The van der Waals surface area contributed by atoms with Crippen LogP contribution in [-0.4, -0.2) is 15.0 Å². The highest BCUT2D eigenvalue weighted by atomic mass is 16.3. The summed E-state index contributed by atoms with van der Waals surface area (Å²) in [6, 6.07) is -23.3. The molecule has 0 bridgehead atoms. The van der Waals surface area contributed by atoms with Gasteiger partial charge in [0.2, 0.25) is 0 Å². The van der Waals surface area contributed by atoms with Crippen molar-refractivity contribution in [2.24, 2.45) is 0 Å². The van der Waals surface area contributed by atoms with E-state index < -0.39 is 264 Å². The van der Waals surface area contributed by atoms with Crippen LogP contribution in [0.1, 0.15) is 38.4 Å². The highest BCUT2D eigenvalue weighted by molar-refractivity contribution is 6.22. The van der Waals surface area contributed by atoms with Crippen molar-refractivity contribution in [1.29, 1.82) is 0 Å². The molecule has 0 aliphatic heterocycles. The predicted octanol–water partition coefficient (Wildman–Crippen LogP) is 12.4. The lowest BCUT2D eigenvalue weighted by Gasteiger charge is -2.11. The summed E-state index contributed by atoms with van der Waals surface area (Å²) >= 11 is 0. The van der Waals surface area contributed by atoms with E-state index in [1.54, 1.807) is 0 Å². The number of aromatic nitrogens is 3. The van der Waals surface area contributed by atoms with Gasteiger partial charge in [-0.25, -0.2) is 15.0 Å². The van der Waals surface area contributed by atoms with Gasteiger partial charge in [0.05, 0.1) is 38.4 Å². The van der Waals surface area contributed by atoms with Crippen molar-refractivity contribution >= 4 is 43.5 Å². The van der Waals surface area contributed by atoms with Gasteiger partial charge in [-0.1, -0.05) is 157 Å². The SMILES string of the molecule is [2H]c1c([2H])c([2H])c(-c2nc(-c3c([2H])c([2H])c([2H])c([2H])c3[2H])nc(-c3c([2H])c([2H])c([2H])c4oc5c(cc(-c6c([2H])c([2H])c(-c7c([2H])c([2H])c8c([2H])c([2H])c([2H])c([2H])c8c7[2H])c([2H])c6[2H])c6c([2H])c([2H])c([2H])c([2H])c65)c34)n2)c([2H])c1[2H]. The number of rotatable bonds is 5. The fourth-order valence-electron chi connectivity index (χ4n) is 5.50. The number of nitrogens with zero attached hydrogens (tertiary/aromatic N) is 3. The number of benzene rings is 8. The fourth-order valence-corrected chi connectivity index (χ4v) is 5.50. The molecule has 8 aromatic carbocycles. The Morgan fingerprint density at radius 3 is 1.71 bits per heavy atom. The molecule has 0 amide bonds. The maximum Gasteiger partial charge on any atom is 0.164 e. The minimum atomic E-state index is -0.990. The van der Waals surface area contributed by atoms with Gasteiger partial charge in [-0.3, -0.25) is 0 Å². The average molecular weight is 680 g/mol. The molecule has 0 radical (unpaired) electrons. The van der Waals surface area contributed by atoms with E-state index in [4.69, 9.17) is 33.2 Å². The first-order chi connectivity index (χ1) is 36.9. The Morgan fingerprint density at radius 1 is 0.392 bits per heavy atom. The predicted molar refractivity (Wildman–Crippen MR) is 209 cm³/mol. The minimum absolute atomic E-state index is 0.348. The van der Waals surface area contributed by atoms with Crippen molar-refractivity contribution in [3.8, 4) is 56.4 Å². The molecular formula is C47H29N3O. The fraction of sp³-hybridized carbons (Fsp3) is 0. The van der Waals surface area contributed by atoms with Crippen LogP contribution in [0.15, 0.2) is 180 Å². The van der Waals surface area contributed by atoms with Crippen LogP contribution >= 0.6 is 0 Å². The van der Waals surface area contributed by atoms with E-state index in [9.17, 15) is 9.60 Å². The Kier molecular flexibility index (Phi) is 2.91. The molecule has 0 N–H and O–H groups in total. The molecule has 51 heavy (non-hydrogen) atoms. The third kappa shape index (κ3) is 5.04. The van der Waals surface area contributed by atoms with Gasteiger partial charge < -0.3 is 4.42 Å². The first kappa shape index (κ1) is 12.4. The van der Waals surface area contributed by atoms with E-state index in [1.165, 1.54) is 0 Å². The molecule has 0 spiro atoms. The molecular weight excluding hydrogens is 623 g/mol. The smallest absolute Gasteiger partial charge is 0.164 e. The Bertz CT molecular complexity index is 4360. The molecule has 4 heteroatoms. The summed E-state index contributed by atoms with van der Waals surface area (Å²) in [7, 11) is 0. The molecule has 2 heterocycles. The molecule has 0 aliphatic rings. The van der Waals surface area contributed by atoms with Gasteiger partial charge in [0.25, 0.3) is 0 Å². The quantitative estimate of drug-likeness (QED) is 0.182. The Balaban J connectivity index is 1.38. The van der Waals surface area contributed by atoms with E-state index in [-0.39, 0.29) is 5.39 Å². The molecule has 0 unspecified atom stereocenters. The van der Waals surface area contributed by atoms with Crippen molar-refractivity contribution < 1.29 is 42.8 Å². The van der Waals surface area contributed by atoms with Crippen molar-refractivity contribution in [2.75, 3.05) is 0 Å². The third-order valence-electron chi connectivity index (χ3n) is 7.73. The molecule has 2 aromatic heterocycles. The van der Waals surface area contributed by atoms with E-state index >= 15 is 0 Å². The molecule has 4 nitrogen and oxygen atoms in total.